The number of aromatic nitrogens is 2. The number of hydrogen-bond donors (Lipinski definition) is 1. The fraction of sp³-hybridized carbons (Fsp3) is 0.150. The molecule has 0 unspecified atom stereocenters. The molecule has 0 aliphatic rings. The summed E-state index contributed by atoms with van der Waals surface area (Å²) in [5.74, 6) is -0.308. The largest absolute Gasteiger partial charge is 0.324 e. The summed E-state index contributed by atoms with van der Waals surface area (Å²) in [5.41, 5.74) is 2.96. The first-order chi connectivity index (χ1) is 12.5. The molecular formula is C20H18ClN3O2. The number of nitrogens with one attached hydrogen (secondary N) is 1. The van der Waals surface area contributed by atoms with Crippen LogP contribution in [0.1, 0.15) is 12.5 Å². The maximum absolute atomic E-state index is 12.3. The molecule has 2 aromatic carbocycles. The van der Waals surface area contributed by atoms with E-state index in [2.05, 4.69) is 17.3 Å². The lowest BCUT2D eigenvalue weighted by Crippen LogP contribution is -2.29. The topological polar surface area (TPSA) is 64.0 Å². The SMILES string of the molecule is CCc1ccc(NC(=O)Cn2nc(-c3ccc(Cl)cc3)ccc2=O)cc1. The van der Waals surface area contributed by atoms with Crippen molar-refractivity contribution in [3.05, 3.63) is 81.6 Å². The fourth-order valence-electron chi connectivity index (χ4n) is 2.50. The van der Waals surface area contributed by atoms with Crippen LogP contribution < -0.4 is 10.9 Å². The van der Waals surface area contributed by atoms with E-state index in [1.165, 1.54) is 11.6 Å². The summed E-state index contributed by atoms with van der Waals surface area (Å²) in [4.78, 5) is 24.3. The van der Waals surface area contributed by atoms with Gasteiger partial charge < -0.3 is 5.32 Å². The smallest absolute Gasteiger partial charge is 0.267 e. The monoisotopic (exact) mass is 367 g/mol. The summed E-state index contributed by atoms with van der Waals surface area (Å²) in [6.45, 7) is 1.91. The van der Waals surface area contributed by atoms with Gasteiger partial charge in [0.05, 0.1) is 5.69 Å². The van der Waals surface area contributed by atoms with Crippen molar-refractivity contribution in [1.29, 1.82) is 0 Å². The van der Waals surface area contributed by atoms with Crippen molar-refractivity contribution in [2.24, 2.45) is 0 Å². The van der Waals surface area contributed by atoms with Gasteiger partial charge in [0.2, 0.25) is 5.91 Å². The Morgan fingerprint density at radius 2 is 1.73 bits per heavy atom. The average molecular weight is 368 g/mol. The van der Waals surface area contributed by atoms with Crippen LogP contribution in [0.2, 0.25) is 5.02 Å². The highest BCUT2D eigenvalue weighted by Crippen LogP contribution is 2.18. The minimum Gasteiger partial charge on any atom is -0.324 e. The summed E-state index contributed by atoms with van der Waals surface area (Å²) < 4.78 is 1.15. The molecule has 1 amide bonds. The molecule has 0 fully saturated rings. The number of halogens is 1. The first-order valence-corrected chi connectivity index (χ1v) is 8.66. The van der Waals surface area contributed by atoms with Gasteiger partial charge in [0.25, 0.3) is 5.56 Å². The van der Waals surface area contributed by atoms with Gasteiger partial charge >= 0.3 is 0 Å². The second-order valence-corrected chi connectivity index (χ2v) is 6.26. The van der Waals surface area contributed by atoms with Crippen LogP contribution in [0.3, 0.4) is 0 Å². The zero-order valence-corrected chi connectivity index (χ0v) is 15.0. The molecule has 6 heteroatoms. The lowest BCUT2D eigenvalue weighted by molar-refractivity contribution is -0.117. The third-order valence-corrected chi connectivity index (χ3v) is 4.20. The molecule has 3 rings (SSSR count). The molecule has 0 radical (unpaired) electrons. The van der Waals surface area contributed by atoms with E-state index in [9.17, 15) is 9.59 Å². The van der Waals surface area contributed by atoms with Crippen molar-refractivity contribution in [2.45, 2.75) is 19.9 Å². The summed E-state index contributed by atoms with van der Waals surface area (Å²) in [7, 11) is 0. The number of rotatable bonds is 5. The van der Waals surface area contributed by atoms with E-state index in [1.54, 1.807) is 18.2 Å². The van der Waals surface area contributed by atoms with Gasteiger partial charge in [-0.3, -0.25) is 9.59 Å². The van der Waals surface area contributed by atoms with Gasteiger partial charge in [0.1, 0.15) is 6.54 Å². The van der Waals surface area contributed by atoms with Gasteiger partial charge in [-0.25, -0.2) is 4.68 Å². The molecule has 3 aromatic rings. The Balaban J connectivity index is 1.75. The number of benzene rings is 2. The van der Waals surface area contributed by atoms with Crippen LogP contribution in [0, 0.1) is 0 Å². The van der Waals surface area contributed by atoms with E-state index < -0.39 is 0 Å². The molecule has 5 nitrogen and oxygen atoms in total. The Morgan fingerprint density at radius 3 is 2.38 bits per heavy atom. The van der Waals surface area contributed by atoms with Crippen molar-refractivity contribution < 1.29 is 4.79 Å². The zero-order chi connectivity index (χ0) is 18.5. The molecule has 1 heterocycles. The molecule has 0 saturated heterocycles. The van der Waals surface area contributed by atoms with Crippen LogP contribution in [-0.2, 0) is 17.8 Å². The van der Waals surface area contributed by atoms with Crippen LogP contribution in [0.4, 0.5) is 5.69 Å². The number of nitrogens with zero attached hydrogens (tertiary/aromatic N) is 2. The first-order valence-electron chi connectivity index (χ1n) is 8.28. The Bertz CT molecular complexity index is 964. The standard InChI is InChI=1S/C20H18ClN3O2/c1-2-14-3-9-17(10-4-14)22-19(25)13-24-20(26)12-11-18(23-24)15-5-7-16(21)8-6-15/h3-12H,2,13H2,1H3,(H,22,25). The lowest BCUT2D eigenvalue weighted by atomic mass is 10.1. The Hall–Kier alpha value is -2.92. The van der Waals surface area contributed by atoms with Crippen molar-refractivity contribution in [2.75, 3.05) is 5.32 Å². The molecule has 1 N–H and O–H groups in total. The third kappa shape index (κ3) is 4.37. The maximum atomic E-state index is 12.3. The molecule has 0 bridgehead atoms. The predicted molar refractivity (Wildman–Crippen MR) is 103 cm³/mol. The second-order valence-electron chi connectivity index (χ2n) is 5.82. The first kappa shape index (κ1) is 17.9. The summed E-state index contributed by atoms with van der Waals surface area (Å²) in [5, 5.41) is 7.68. The fourth-order valence-corrected chi connectivity index (χ4v) is 2.62. The highest BCUT2D eigenvalue weighted by molar-refractivity contribution is 6.30. The van der Waals surface area contributed by atoms with Crippen molar-refractivity contribution >= 4 is 23.2 Å². The lowest BCUT2D eigenvalue weighted by Gasteiger charge is -2.09. The van der Waals surface area contributed by atoms with E-state index >= 15 is 0 Å². The van der Waals surface area contributed by atoms with Gasteiger partial charge in [-0.05, 0) is 42.3 Å². The Morgan fingerprint density at radius 1 is 1.04 bits per heavy atom. The zero-order valence-electron chi connectivity index (χ0n) is 14.3. The van der Waals surface area contributed by atoms with Crippen molar-refractivity contribution in [3.8, 4) is 11.3 Å². The van der Waals surface area contributed by atoms with E-state index in [1.807, 2.05) is 36.4 Å². The van der Waals surface area contributed by atoms with Gasteiger partial charge in [-0.1, -0.05) is 42.8 Å². The normalized spacial score (nSPS) is 10.5. The Labute approximate surface area is 156 Å². The molecule has 0 aliphatic heterocycles. The van der Waals surface area contributed by atoms with E-state index in [0.717, 1.165) is 16.7 Å². The van der Waals surface area contributed by atoms with Crippen molar-refractivity contribution in [3.63, 3.8) is 0 Å². The quantitative estimate of drug-likeness (QED) is 0.746. The number of hydrogen-bond acceptors (Lipinski definition) is 3. The van der Waals surface area contributed by atoms with Gasteiger partial charge in [-0.15, -0.1) is 0 Å². The van der Waals surface area contributed by atoms with Crippen LogP contribution in [-0.4, -0.2) is 15.7 Å². The highest BCUT2D eigenvalue weighted by atomic mass is 35.5. The molecule has 132 valence electrons. The highest BCUT2D eigenvalue weighted by Gasteiger charge is 2.08. The van der Waals surface area contributed by atoms with E-state index in [4.69, 9.17) is 11.6 Å². The van der Waals surface area contributed by atoms with E-state index in [-0.39, 0.29) is 18.0 Å². The van der Waals surface area contributed by atoms with Crippen LogP contribution in [0.15, 0.2) is 65.5 Å². The van der Waals surface area contributed by atoms with Crippen LogP contribution in [0.25, 0.3) is 11.3 Å². The summed E-state index contributed by atoms with van der Waals surface area (Å²) in [6, 6.07) is 17.8. The summed E-state index contributed by atoms with van der Waals surface area (Å²) >= 11 is 5.89. The molecule has 0 saturated carbocycles. The van der Waals surface area contributed by atoms with Gasteiger partial charge in [-0.2, -0.15) is 5.10 Å². The number of carbonyl (C=O) groups excluding carboxylic acids is 1. The molecule has 0 spiro atoms. The number of aryl methyl sites for hydroxylation is 1. The van der Waals surface area contributed by atoms with Crippen LogP contribution >= 0.6 is 11.6 Å². The molecule has 1 aromatic heterocycles. The average Bonchev–Trinajstić information content (AvgIpc) is 2.65. The molecule has 26 heavy (non-hydrogen) atoms. The van der Waals surface area contributed by atoms with Gasteiger partial charge in [0.15, 0.2) is 0 Å². The van der Waals surface area contributed by atoms with Crippen LogP contribution in [0.5, 0.6) is 0 Å². The predicted octanol–water partition coefficient (Wildman–Crippen LogP) is 3.76. The number of carbonyl (C=O) groups is 1. The Kier molecular flexibility index (Phi) is 5.49. The third-order valence-electron chi connectivity index (χ3n) is 3.95. The van der Waals surface area contributed by atoms with Gasteiger partial charge in [0, 0.05) is 22.3 Å². The second kappa shape index (κ2) is 7.97. The number of amides is 1. The minimum absolute atomic E-state index is 0.157. The molecule has 0 aliphatic carbocycles. The minimum atomic E-state index is -0.334. The maximum Gasteiger partial charge on any atom is 0.267 e. The molecular weight excluding hydrogens is 350 g/mol. The van der Waals surface area contributed by atoms with Crippen molar-refractivity contribution in [1.82, 2.24) is 9.78 Å². The molecule has 0 atom stereocenters. The number of anilines is 1. The van der Waals surface area contributed by atoms with E-state index in [0.29, 0.717) is 16.4 Å². The summed E-state index contributed by atoms with van der Waals surface area (Å²) in [6.07, 6.45) is 0.936.